The molecule has 4 rings (SSSR count). The van der Waals surface area contributed by atoms with Gasteiger partial charge in [-0.2, -0.15) is 0 Å². The first-order valence-corrected chi connectivity index (χ1v) is 6.51. The predicted octanol–water partition coefficient (Wildman–Crippen LogP) is 2.72. The third-order valence-corrected chi connectivity index (χ3v) is 3.71. The summed E-state index contributed by atoms with van der Waals surface area (Å²) in [4.78, 5) is 29.1. The van der Waals surface area contributed by atoms with Gasteiger partial charge in [-0.25, -0.2) is 9.37 Å². The number of hydrogen-bond acceptors (Lipinski definition) is 3. The van der Waals surface area contributed by atoms with Crippen molar-refractivity contribution in [2.24, 2.45) is 0 Å². The van der Waals surface area contributed by atoms with Gasteiger partial charge in [-0.05, 0) is 36.4 Å². The van der Waals surface area contributed by atoms with E-state index in [9.17, 15) is 14.0 Å². The Kier molecular flexibility index (Phi) is 2.32. The van der Waals surface area contributed by atoms with Crippen LogP contribution in [0.3, 0.4) is 0 Å². The Hall–Kier alpha value is -2.53. The number of ketones is 1. The Bertz CT molecular complexity index is 1010. The lowest BCUT2D eigenvalue weighted by molar-refractivity contribution is 0.103. The molecule has 0 N–H and O–H groups in total. The van der Waals surface area contributed by atoms with Crippen molar-refractivity contribution in [3.05, 3.63) is 69.0 Å². The van der Waals surface area contributed by atoms with E-state index < -0.39 is 11.4 Å². The van der Waals surface area contributed by atoms with Gasteiger partial charge in [0, 0.05) is 5.02 Å². The SMILES string of the molecule is O=C1c2cc(Cl)ccc2-n2c1nc1ccc(F)cc1c2=O. The minimum atomic E-state index is -0.525. The highest BCUT2D eigenvalue weighted by Gasteiger charge is 2.30. The average molecular weight is 301 g/mol. The summed E-state index contributed by atoms with van der Waals surface area (Å²) >= 11 is 5.89. The predicted molar refractivity (Wildman–Crippen MR) is 75.7 cm³/mol. The number of carbonyl (C=O) groups excluding carboxylic acids is 1. The van der Waals surface area contributed by atoms with Crippen LogP contribution >= 0.6 is 11.6 Å². The third kappa shape index (κ3) is 1.58. The number of halogens is 2. The molecular weight excluding hydrogens is 295 g/mol. The molecule has 3 aromatic rings. The van der Waals surface area contributed by atoms with Crippen LogP contribution in [0.5, 0.6) is 0 Å². The van der Waals surface area contributed by atoms with E-state index in [1.165, 1.54) is 22.8 Å². The lowest BCUT2D eigenvalue weighted by atomic mass is 10.1. The summed E-state index contributed by atoms with van der Waals surface area (Å²) in [5.41, 5.74) is 0.565. The van der Waals surface area contributed by atoms with Crippen LogP contribution in [0.2, 0.25) is 5.02 Å². The van der Waals surface area contributed by atoms with E-state index in [0.717, 1.165) is 6.07 Å². The van der Waals surface area contributed by atoms with Gasteiger partial charge in [-0.15, -0.1) is 0 Å². The highest BCUT2D eigenvalue weighted by Crippen LogP contribution is 2.28. The maximum Gasteiger partial charge on any atom is 0.266 e. The molecule has 0 saturated carbocycles. The standard InChI is InChI=1S/C15H6ClFN2O2/c16-7-1-4-12-10(5-7)13(20)14-18-11-3-2-8(17)6-9(11)15(21)19(12)14/h1-6H. The Labute approximate surface area is 122 Å². The number of nitrogens with zero attached hydrogens (tertiary/aromatic N) is 2. The van der Waals surface area contributed by atoms with Gasteiger partial charge < -0.3 is 0 Å². The average Bonchev–Trinajstić information content (AvgIpc) is 2.73. The van der Waals surface area contributed by atoms with E-state index in [1.807, 2.05) is 0 Å². The van der Waals surface area contributed by atoms with Gasteiger partial charge in [-0.3, -0.25) is 14.2 Å². The smallest absolute Gasteiger partial charge is 0.266 e. The molecule has 6 heteroatoms. The summed E-state index contributed by atoms with van der Waals surface area (Å²) in [5, 5.41) is 0.535. The molecule has 0 saturated heterocycles. The van der Waals surface area contributed by atoms with Crippen LogP contribution < -0.4 is 5.56 Å². The molecule has 0 fully saturated rings. The molecule has 2 heterocycles. The van der Waals surface area contributed by atoms with Crippen LogP contribution in [0.25, 0.3) is 16.6 Å². The lowest BCUT2D eigenvalue weighted by Gasteiger charge is -2.05. The Balaban J connectivity index is 2.18. The molecule has 2 aromatic carbocycles. The summed E-state index contributed by atoms with van der Waals surface area (Å²) in [6, 6.07) is 8.38. The molecule has 0 radical (unpaired) electrons. The number of benzene rings is 2. The Morgan fingerprint density at radius 2 is 1.90 bits per heavy atom. The largest absolute Gasteiger partial charge is 0.285 e. The molecule has 0 aliphatic carbocycles. The Morgan fingerprint density at radius 3 is 2.71 bits per heavy atom. The molecule has 4 nitrogen and oxygen atoms in total. The van der Waals surface area contributed by atoms with Gasteiger partial charge in [0.15, 0.2) is 5.82 Å². The fraction of sp³-hybridized carbons (Fsp3) is 0. The van der Waals surface area contributed by atoms with Crippen LogP contribution in [-0.2, 0) is 0 Å². The molecule has 0 bridgehead atoms. The third-order valence-electron chi connectivity index (χ3n) is 3.48. The zero-order valence-corrected chi connectivity index (χ0v) is 11.2. The highest BCUT2D eigenvalue weighted by molar-refractivity contribution is 6.31. The first kappa shape index (κ1) is 12.2. The van der Waals surface area contributed by atoms with E-state index in [1.54, 1.807) is 12.1 Å². The van der Waals surface area contributed by atoms with E-state index in [0.29, 0.717) is 21.8 Å². The van der Waals surface area contributed by atoms with E-state index in [4.69, 9.17) is 11.6 Å². The minimum absolute atomic E-state index is 0.0244. The molecule has 0 amide bonds. The fourth-order valence-corrected chi connectivity index (χ4v) is 2.71. The first-order chi connectivity index (χ1) is 10.1. The van der Waals surface area contributed by atoms with E-state index in [-0.39, 0.29) is 17.0 Å². The molecule has 1 aliphatic rings. The fourth-order valence-electron chi connectivity index (χ4n) is 2.54. The summed E-state index contributed by atoms with van der Waals surface area (Å²) in [6.45, 7) is 0. The molecule has 0 unspecified atom stereocenters. The van der Waals surface area contributed by atoms with Gasteiger partial charge in [0.2, 0.25) is 5.78 Å². The number of aromatic nitrogens is 2. The molecule has 102 valence electrons. The van der Waals surface area contributed by atoms with Crippen molar-refractivity contribution in [3.63, 3.8) is 0 Å². The lowest BCUT2D eigenvalue weighted by Crippen LogP contribution is -2.21. The zero-order valence-electron chi connectivity index (χ0n) is 10.4. The quantitative estimate of drug-likeness (QED) is 0.502. The monoisotopic (exact) mass is 300 g/mol. The number of fused-ring (bicyclic) bond motifs is 4. The maximum atomic E-state index is 13.3. The second-order valence-corrected chi connectivity index (χ2v) is 5.16. The summed E-state index contributed by atoms with van der Waals surface area (Å²) in [6.07, 6.45) is 0. The van der Waals surface area contributed by atoms with Crippen molar-refractivity contribution >= 4 is 28.3 Å². The number of hydrogen-bond donors (Lipinski definition) is 0. The highest BCUT2D eigenvalue weighted by atomic mass is 35.5. The maximum absolute atomic E-state index is 13.3. The zero-order chi connectivity index (χ0) is 14.7. The molecular formula is C15H6ClFN2O2. The van der Waals surface area contributed by atoms with Gasteiger partial charge >= 0.3 is 0 Å². The molecule has 21 heavy (non-hydrogen) atoms. The summed E-state index contributed by atoms with van der Waals surface area (Å²) in [7, 11) is 0. The second kappa shape index (κ2) is 3.99. The van der Waals surface area contributed by atoms with Crippen molar-refractivity contribution in [2.75, 3.05) is 0 Å². The van der Waals surface area contributed by atoms with Crippen LogP contribution in [-0.4, -0.2) is 15.3 Å². The van der Waals surface area contributed by atoms with Gasteiger partial charge in [0.1, 0.15) is 5.82 Å². The van der Waals surface area contributed by atoms with Crippen molar-refractivity contribution < 1.29 is 9.18 Å². The second-order valence-electron chi connectivity index (χ2n) is 4.73. The summed E-state index contributed by atoms with van der Waals surface area (Å²) in [5.74, 6) is -0.866. The van der Waals surface area contributed by atoms with Crippen LogP contribution in [0.15, 0.2) is 41.2 Å². The topological polar surface area (TPSA) is 52.0 Å². The van der Waals surface area contributed by atoms with E-state index in [2.05, 4.69) is 4.98 Å². The van der Waals surface area contributed by atoms with Crippen molar-refractivity contribution in [2.45, 2.75) is 0 Å². The summed E-state index contributed by atoms with van der Waals surface area (Å²) < 4.78 is 14.5. The van der Waals surface area contributed by atoms with Crippen LogP contribution in [0.1, 0.15) is 16.2 Å². The minimum Gasteiger partial charge on any atom is -0.285 e. The van der Waals surface area contributed by atoms with Crippen LogP contribution in [0.4, 0.5) is 4.39 Å². The molecule has 1 aliphatic heterocycles. The Morgan fingerprint density at radius 1 is 1.10 bits per heavy atom. The number of carbonyl (C=O) groups is 1. The van der Waals surface area contributed by atoms with Crippen molar-refractivity contribution in [1.82, 2.24) is 9.55 Å². The van der Waals surface area contributed by atoms with Crippen molar-refractivity contribution in [1.29, 1.82) is 0 Å². The normalized spacial score (nSPS) is 12.6. The number of rotatable bonds is 0. The van der Waals surface area contributed by atoms with Gasteiger partial charge in [0.25, 0.3) is 5.56 Å². The van der Waals surface area contributed by atoms with Crippen molar-refractivity contribution in [3.8, 4) is 5.69 Å². The van der Waals surface area contributed by atoms with Crippen LogP contribution in [0, 0.1) is 5.82 Å². The molecule has 1 aromatic heterocycles. The van der Waals surface area contributed by atoms with E-state index >= 15 is 0 Å². The van der Waals surface area contributed by atoms with Gasteiger partial charge in [-0.1, -0.05) is 11.6 Å². The van der Waals surface area contributed by atoms with Gasteiger partial charge in [0.05, 0.1) is 22.2 Å². The molecule has 0 atom stereocenters. The molecule has 0 spiro atoms. The first-order valence-electron chi connectivity index (χ1n) is 6.13.